The first-order valence-electron chi connectivity index (χ1n) is 15.6. The van der Waals surface area contributed by atoms with Crippen LogP contribution in [0.1, 0.15) is 70.9 Å². The number of furan rings is 1. The third kappa shape index (κ3) is 5.67. The van der Waals surface area contributed by atoms with Crippen molar-refractivity contribution in [3.05, 3.63) is 48.0 Å². The van der Waals surface area contributed by atoms with E-state index in [1.807, 2.05) is 0 Å². The van der Waals surface area contributed by atoms with Crippen molar-refractivity contribution in [2.75, 3.05) is 12.4 Å². The van der Waals surface area contributed by atoms with Crippen LogP contribution < -0.4 is 0 Å². The average molecular weight is 677 g/mol. The Hall–Kier alpha value is -3.30. The number of fused-ring (bicyclic) bond motifs is 5. The van der Waals surface area contributed by atoms with E-state index >= 15 is 8.78 Å². The molecule has 1 aromatic rings. The van der Waals surface area contributed by atoms with Gasteiger partial charge in [-0.3, -0.25) is 14.4 Å². The number of carbonyl (C=O) groups is 4. The first kappa shape index (κ1) is 35.0. The SMILES string of the molecule is C[C@@H]1CC2C3C[C@H](F)C4=CC(=O)C=C[C@]4(C)[C@@]3(F)C(O)C[C@]2(C)[C@@]1(OC(=O)c1ccco1)C(=O)SCC#CCOC(=O)CC(C)(C)F. The van der Waals surface area contributed by atoms with E-state index in [0.717, 1.165) is 17.8 Å². The van der Waals surface area contributed by atoms with E-state index in [4.69, 9.17) is 13.9 Å². The number of hydrogen-bond acceptors (Lipinski definition) is 9. The highest BCUT2D eigenvalue weighted by Gasteiger charge is 2.78. The van der Waals surface area contributed by atoms with Crippen LogP contribution in [0.4, 0.5) is 13.2 Å². The number of allylic oxidation sites excluding steroid dienone is 4. The summed E-state index contributed by atoms with van der Waals surface area (Å²) >= 11 is 0.758. The van der Waals surface area contributed by atoms with Gasteiger partial charge in [0.1, 0.15) is 11.8 Å². The van der Waals surface area contributed by atoms with Gasteiger partial charge in [0.15, 0.2) is 23.7 Å². The van der Waals surface area contributed by atoms with E-state index in [1.165, 1.54) is 51.3 Å². The number of rotatable bonds is 7. The van der Waals surface area contributed by atoms with Crippen LogP contribution in [-0.2, 0) is 23.9 Å². The topological polar surface area (TPSA) is 120 Å². The quantitative estimate of drug-likeness (QED) is 0.287. The molecule has 3 saturated carbocycles. The van der Waals surface area contributed by atoms with Gasteiger partial charge in [-0.05, 0) is 75.8 Å². The minimum absolute atomic E-state index is 0.0164. The van der Waals surface area contributed by atoms with Gasteiger partial charge in [-0.25, -0.2) is 18.0 Å². The van der Waals surface area contributed by atoms with Crippen molar-refractivity contribution in [2.45, 2.75) is 89.5 Å². The summed E-state index contributed by atoms with van der Waals surface area (Å²) in [5.41, 5.74) is -8.97. The molecular weight excluding hydrogens is 637 g/mol. The van der Waals surface area contributed by atoms with Crippen molar-refractivity contribution < 1.29 is 51.3 Å². The summed E-state index contributed by atoms with van der Waals surface area (Å²) in [5.74, 6) is 0.482. The molecule has 5 rings (SSSR count). The molecule has 8 nitrogen and oxygen atoms in total. The van der Waals surface area contributed by atoms with Gasteiger partial charge in [0, 0.05) is 22.7 Å². The number of hydrogen-bond donors (Lipinski definition) is 1. The number of alkyl halides is 3. The molecule has 47 heavy (non-hydrogen) atoms. The van der Waals surface area contributed by atoms with Crippen LogP contribution in [0.15, 0.2) is 46.6 Å². The monoisotopic (exact) mass is 676 g/mol. The Morgan fingerprint density at radius 3 is 2.57 bits per heavy atom. The molecule has 0 radical (unpaired) electrons. The maximum absolute atomic E-state index is 17.7. The molecule has 9 atom stereocenters. The molecule has 0 spiro atoms. The highest BCUT2D eigenvalue weighted by atomic mass is 32.2. The van der Waals surface area contributed by atoms with Gasteiger partial charge in [0.25, 0.3) is 0 Å². The molecule has 1 N–H and O–H groups in total. The van der Waals surface area contributed by atoms with Crippen LogP contribution in [0.2, 0.25) is 0 Å². The Labute approximate surface area is 275 Å². The fourth-order valence-corrected chi connectivity index (χ4v) is 9.63. The maximum atomic E-state index is 17.7. The lowest BCUT2D eigenvalue weighted by Gasteiger charge is -2.63. The van der Waals surface area contributed by atoms with Crippen LogP contribution in [0.3, 0.4) is 0 Å². The van der Waals surface area contributed by atoms with Gasteiger partial charge in [-0.2, -0.15) is 0 Å². The molecule has 0 aromatic carbocycles. The zero-order valence-corrected chi connectivity index (χ0v) is 27.8. The van der Waals surface area contributed by atoms with Crippen LogP contribution >= 0.6 is 11.8 Å². The van der Waals surface area contributed by atoms with Crippen molar-refractivity contribution in [3.8, 4) is 11.8 Å². The number of thioether (sulfide) groups is 1. The molecule has 0 bridgehead atoms. The van der Waals surface area contributed by atoms with Crippen LogP contribution in [0.5, 0.6) is 0 Å². The number of carbonyl (C=O) groups excluding carboxylic acids is 4. The van der Waals surface area contributed by atoms with E-state index in [2.05, 4.69) is 11.8 Å². The minimum Gasteiger partial charge on any atom is -0.457 e. The van der Waals surface area contributed by atoms with Gasteiger partial charge in [0.2, 0.25) is 10.9 Å². The summed E-state index contributed by atoms with van der Waals surface area (Å²) < 4.78 is 63.5. The fourth-order valence-electron chi connectivity index (χ4n) is 8.63. The first-order chi connectivity index (χ1) is 21.9. The summed E-state index contributed by atoms with van der Waals surface area (Å²) in [4.78, 5) is 51.7. The van der Waals surface area contributed by atoms with Crippen LogP contribution in [0, 0.1) is 40.4 Å². The summed E-state index contributed by atoms with van der Waals surface area (Å²) in [5, 5.41) is 11.1. The molecule has 3 unspecified atom stereocenters. The number of aliphatic hydroxyl groups is 1. The Morgan fingerprint density at radius 1 is 1.19 bits per heavy atom. The molecule has 4 aliphatic carbocycles. The van der Waals surface area contributed by atoms with Crippen molar-refractivity contribution in [2.24, 2.45) is 28.6 Å². The lowest BCUT2D eigenvalue weighted by molar-refractivity contribution is -0.221. The smallest absolute Gasteiger partial charge is 0.375 e. The van der Waals surface area contributed by atoms with E-state index in [0.29, 0.717) is 0 Å². The molecule has 0 amide bonds. The minimum atomic E-state index is -2.37. The number of ketones is 1. The van der Waals surface area contributed by atoms with Crippen LogP contribution in [0.25, 0.3) is 0 Å². The van der Waals surface area contributed by atoms with Gasteiger partial charge in [-0.1, -0.05) is 43.5 Å². The van der Waals surface area contributed by atoms with E-state index in [9.17, 15) is 28.7 Å². The van der Waals surface area contributed by atoms with Crippen molar-refractivity contribution in [3.63, 3.8) is 0 Å². The molecule has 0 aliphatic heterocycles. The normalized spacial score (nSPS) is 37.4. The molecule has 3 fully saturated rings. The van der Waals surface area contributed by atoms with Gasteiger partial charge < -0.3 is 19.0 Å². The van der Waals surface area contributed by atoms with Gasteiger partial charge in [-0.15, -0.1) is 0 Å². The summed E-state index contributed by atoms with van der Waals surface area (Å²) in [6, 6.07) is 2.87. The molecule has 1 aromatic heterocycles. The Morgan fingerprint density at radius 2 is 1.91 bits per heavy atom. The van der Waals surface area contributed by atoms with Crippen molar-refractivity contribution in [1.29, 1.82) is 0 Å². The number of halogens is 3. The highest BCUT2D eigenvalue weighted by Crippen LogP contribution is 2.72. The fraction of sp³-hybridized carbons (Fsp3) is 0.600. The molecule has 4 aliphatic rings. The standard InChI is InChI=1S/C35H39F3O8S/c1-20-15-22-23-17-25(36)24-16-21(39)10-11-32(24,4)34(23,38)27(40)18-33(22,5)35(20,46-29(42)26-9-8-13-44-26)30(43)47-14-7-6-12-45-28(41)19-31(2,3)37/h8-11,13,16,20,22-23,25,27,40H,12,14-15,17-19H2,1-5H3/t20-,22?,23?,25+,27?,32+,33+,34+,35+/m1/s1. The molecule has 1 heterocycles. The first-order valence-corrected chi connectivity index (χ1v) is 16.6. The van der Waals surface area contributed by atoms with E-state index < -0.39 is 87.1 Å². The Balaban J connectivity index is 1.46. The second-order valence-corrected chi connectivity index (χ2v) is 15.0. The Kier molecular flexibility index (Phi) is 9.16. The molecule has 0 saturated heterocycles. The summed E-state index contributed by atoms with van der Waals surface area (Å²) in [6.07, 6.45) is 0.679. The molecular formula is C35H39F3O8S. The van der Waals surface area contributed by atoms with Gasteiger partial charge in [0.05, 0.1) is 24.5 Å². The predicted octanol–water partition coefficient (Wildman–Crippen LogP) is 5.68. The zero-order valence-electron chi connectivity index (χ0n) is 26.9. The molecule has 12 heteroatoms. The second-order valence-electron chi connectivity index (χ2n) is 14.1. The third-order valence-electron chi connectivity index (χ3n) is 10.7. The third-order valence-corrected chi connectivity index (χ3v) is 11.6. The maximum Gasteiger partial charge on any atom is 0.375 e. The highest BCUT2D eigenvalue weighted by molar-refractivity contribution is 8.14. The molecule has 254 valence electrons. The predicted molar refractivity (Wildman–Crippen MR) is 166 cm³/mol. The van der Waals surface area contributed by atoms with E-state index in [1.54, 1.807) is 13.8 Å². The summed E-state index contributed by atoms with van der Waals surface area (Å²) in [6.45, 7) is 7.06. The summed E-state index contributed by atoms with van der Waals surface area (Å²) in [7, 11) is 0. The zero-order chi connectivity index (χ0) is 34.6. The second kappa shape index (κ2) is 12.3. The lowest BCUT2D eigenvalue weighted by atomic mass is 9.44. The van der Waals surface area contributed by atoms with Crippen LogP contribution in [-0.4, -0.2) is 69.5 Å². The van der Waals surface area contributed by atoms with Gasteiger partial charge >= 0.3 is 11.9 Å². The number of ether oxygens (including phenoxy) is 2. The van der Waals surface area contributed by atoms with Crippen molar-refractivity contribution in [1.82, 2.24) is 0 Å². The van der Waals surface area contributed by atoms with E-state index in [-0.39, 0.29) is 43.0 Å². The number of esters is 2. The number of aliphatic hydroxyl groups excluding tert-OH is 1. The lowest BCUT2D eigenvalue weighted by Crippen LogP contribution is -2.70. The Bertz CT molecular complexity index is 1570. The largest absolute Gasteiger partial charge is 0.457 e. The van der Waals surface area contributed by atoms with Crippen molar-refractivity contribution >= 4 is 34.6 Å². The average Bonchev–Trinajstić information content (AvgIpc) is 3.59.